The van der Waals surface area contributed by atoms with Crippen molar-refractivity contribution in [2.75, 3.05) is 6.61 Å². The molecule has 4 heteroatoms. The van der Waals surface area contributed by atoms with Crippen molar-refractivity contribution in [2.24, 2.45) is 0 Å². The molecule has 0 saturated carbocycles. The summed E-state index contributed by atoms with van der Waals surface area (Å²) in [6.45, 7) is 1.89. The van der Waals surface area contributed by atoms with E-state index in [2.05, 4.69) is 6.92 Å². The summed E-state index contributed by atoms with van der Waals surface area (Å²) in [4.78, 5) is 11.7. The Morgan fingerprint density at radius 3 is 2.57 bits per heavy atom. The monoisotopic (exact) mass is 281 g/mol. The Kier molecular flexibility index (Phi) is 4.94. The summed E-state index contributed by atoms with van der Waals surface area (Å²) in [5.74, 6) is 0.553. The van der Waals surface area contributed by atoms with E-state index in [0.29, 0.717) is 17.1 Å². The molecule has 4 nitrogen and oxygen atoms in total. The smallest absolute Gasteiger partial charge is 0.349 e. The van der Waals surface area contributed by atoms with Gasteiger partial charge in [0.2, 0.25) is 0 Å². The molecular weight excluding hydrogens is 266 g/mol. The number of nitrogens with zero attached hydrogens (tertiary/aromatic N) is 1. The van der Waals surface area contributed by atoms with Crippen molar-refractivity contribution in [3.05, 3.63) is 59.7 Å². The van der Waals surface area contributed by atoms with E-state index in [0.717, 1.165) is 12.0 Å². The highest BCUT2D eigenvalue weighted by atomic mass is 16.6. The molecule has 0 fully saturated rings. The van der Waals surface area contributed by atoms with Crippen LogP contribution in [0.1, 0.15) is 18.1 Å². The molecule has 0 atom stereocenters. The van der Waals surface area contributed by atoms with Crippen molar-refractivity contribution in [1.82, 2.24) is 0 Å². The zero-order valence-electron chi connectivity index (χ0n) is 11.7. The highest BCUT2D eigenvalue weighted by Crippen LogP contribution is 2.15. The summed E-state index contributed by atoms with van der Waals surface area (Å²) < 4.78 is 10.5. The fraction of sp³-hybridized carbons (Fsp3) is 0.176. The van der Waals surface area contributed by atoms with Gasteiger partial charge in [-0.15, -0.1) is 0 Å². The Hall–Kier alpha value is -2.80. The first-order valence-corrected chi connectivity index (χ1v) is 6.64. The van der Waals surface area contributed by atoms with Gasteiger partial charge in [-0.1, -0.05) is 19.1 Å². The molecule has 0 radical (unpaired) electrons. The molecule has 0 aliphatic carbocycles. The minimum atomic E-state index is -0.485. The lowest BCUT2D eigenvalue weighted by Crippen LogP contribution is -2.17. The van der Waals surface area contributed by atoms with Crippen LogP contribution in [0.25, 0.3) is 0 Å². The van der Waals surface area contributed by atoms with Crippen LogP contribution in [0, 0.1) is 11.3 Å². The van der Waals surface area contributed by atoms with Crippen LogP contribution in [0.5, 0.6) is 11.5 Å². The van der Waals surface area contributed by atoms with Gasteiger partial charge in [0, 0.05) is 0 Å². The number of hydrogen-bond donors (Lipinski definition) is 0. The van der Waals surface area contributed by atoms with Gasteiger partial charge in [-0.05, 0) is 48.4 Å². The van der Waals surface area contributed by atoms with Gasteiger partial charge in [-0.25, -0.2) is 4.79 Å². The molecule has 0 aliphatic rings. The van der Waals surface area contributed by atoms with Crippen molar-refractivity contribution in [3.8, 4) is 17.6 Å². The predicted molar refractivity (Wildman–Crippen MR) is 78.1 cm³/mol. The first-order chi connectivity index (χ1) is 10.2. The Morgan fingerprint density at radius 1 is 1.14 bits per heavy atom. The van der Waals surface area contributed by atoms with Crippen LogP contribution < -0.4 is 9.47 Å². The van der Waals surface area contributed by atoms with Crippen LogP contribution in [0.4, 0.5) is 0 Å². The lowest BCUT2D eigenvalue weighted by Gasteiger charge is -2.07. The van der Waals surface area contributed by atoms with Crippen LogP contribution in [0.3, 0.4) is 0 Å². The highest BCUT2D eigenvalue weighted by Gasteiger charge is 2.06. The van der Waals surface area contributed by atoms with E-state index in [4.69, 9.17) is 14.7 Å². The Balaban J connectivity index is 1.88. The van der Waals surface area contributed by atoms with E-state index in [1.165, 1.54) is 0 Å². The quantitative estimate of drug-likeness (QED) is 0.624. The van der Waals surface area contributed by atoms with Gasteiger partial charge in [0.05, 0.1) is 11.6 Å². The number of rotatable bonds is 5. The third kappa shape index (κ3) is 4.36. The molecule has 0 spiro atoms. The standard InChI is InChI=1S/C17H15NO3/c1-2-13-4-3-5-16(10-13)20-12-17(19)21-15-8-6-14(11-18)7-9-15/h3-10H,2,12H2,1H3. The molecule has 21 heavy (non-hydrogen) atoms. The maximum absolute atomic E-state index is 11.7. The minimum absolute atomic E-state index is 0.160. The second kappa shape index (κ2) is 7.11. The van der Waals surface area contributed by atoms with Gasteiger partial charge in [0.1, 0.15) is 11.5 Å². The molecule has 0 amide bonds. The number of nitriles is 1. The summed E-state index contributed by atoms with van der Waals surface area (Å²) in [5.41, 5.74) is 1.66. The van der Waals surface area contributed by atoms with Gasteiger partial charge >= 0.3 is 5.97 Å². The lowest BCUT2D eigenvalue weighted by atomic mass is 10.2. The summed E-state index contributed by atoms with van der Waals surface area (Å²) in [7, 11) is 0. The minimum Gasteiger partial charge on any atom is -0.482 e. The predicted octanol–water partition coefficient (Wildman–Crippen LogP) is 3.11. The zero-order valence-corrected chi connectivity index (χ0v) is 11.7. The van der Waals surface area contributed by atoms with E-state index >= 15 is 0 Å². The van der Waals surface area contributed by atoms with E-state index in [-0.39, 0.29) is 6.61 Å². The van der Waals surface area contributed by atoms with Gasteiger partial charge in [-0.3, -0.25) is 0 Å². The van der Waals surface area contributed by atoms with E-state index in [9.17, 15) is 4.79 Å². The maximum atomic E-state index is 11.7. The molecule has 0 unspecified atom stereocenters. The summed E-state index contributed by atoms with van der Waals surface area (Å²) in [6.07, 6.45) is 0.910. The summed E-state index contributed by atoms with van der Waals surface area (Å²) >= 11 is 0. The number of carbonyl (C=O) groups excluding carboxylic acids is 1. The Bertz CT molecular complexity index is 656. The normalized spacial score (nSPS) is 9.71. The maximum Gasteiger partial charge on any atom is 0.349 e. The fourth-order valence-electron chi connectivity index (χ4n) is 1.76. The average Bonchev–Trinajstić information content (AvgIpc) is 2.54. The largest absolute Gasteiger partial charge is 0.482 e. The highest BCUT2D eigenvalue weighted by molar-refractivity contribution is 5.74. The van der Waals surface area contributed by atoms with Crippen molar-refractivity contribution in [3.63, 3.8) is 0 Å². The SMILES string of the molecule is CCc1cccc(OCC(=O)Oc2ccc(C#N)cc2)c1. The van der Waals surface area contributed by atoms with Crippen molar-refractivity contribution in [2.45, 2.75) is 13.3 Å². The van der Waals surface area contributed by atoms with Crippen molar-refractivity contribution >= 4 is 5.97 Å². The number of ether oxygens (including phenoxy) is 2. The van der Waals surface area contributed by atoms with Gasteiger partial charge in [0.25, 0.3) is 0 Å². The molecule has 0 N–H and O–H groups in total. The Labute approximate surface area is 123 Å². The molecule has 0 aromatic heterocycles. The third-order valence-electron chi connectivity index (χ3n) is 2.88. The van der Waals surface area contributed by atoms with Crippen LogP contribution in [-0.4, -0.2) is 12.6 Å². The van der Waals surface area contributed by atoms with E-state index in [1.807, 2.05) is 24.3 Å². The molecule has 2 aromatic carbocycles. The first-order valence-electron chi connectivity index (χ1n) is 6.64. The van der Waals surface area contributed by atoms with Crippen LogP contribution >= 0.6 is 0 Å². The third-order valence-corrected chi connectivity index (χ3v) is 2.88. The topological polar surface area (TPSA) is 59.3 Å². The van der Waals surface area contributed by atoms with Gasteiger partial charge in [-0.2, -0.15) is 5.26 Å². The molecule has 0 aliphatic heterocycles. The van der Waals surface area contributed by atoms with Gasteiger partial charge < -0.3 is 9.47 Å². The second-order valence-electron chi connectivity index (χ2n) is 4.40. The number of carbonyl (C=O) groups is 1. The number of esters is 1. The molecule has 106 valence electrons. The van der Waals surface area contributed by atoms with Gasteiger partial charge in [0.15, 0.2) is 6.61 Å². The zero-order chi connectivity index (χ0) is 15.1. The van der Waals surface area contributed by atoms with E-state index < -0.39 is 5.97 Å². The molecule has 0 saturated heterocycles. The van der Waals surface area contributed by atoms with Crippen LogP contribution in [-0.2, 0) is 11.2 Å². The van der Waals surface area contributed by atoms with Crippen LogP contribution in [0.15, 0.2) is 48.5 Å². The Morgan fingerprint density at radius 2 is 1.90 bits per heavy atom. The number of benzene rings is 2. The molecular formula is C17H15NO3. The van der Waals surface area contributed by atoms with E-state index in [1.54, 1.807) is 30.3 Å². The first kappa shape index (κ1) is 14.6. The number of hydrogen-bond acceptors (Lipinski definition) is 4. The number of aryl methyl sites for hydroxylation is 1. The lowest BCUT2D eigenvalue weighted by molar-refractivity contribution is -0.136. The average molecular weight is 281 g/mol. The fourth-order valence-corrected chi connectivity index (χ4v) is 1.76. The van der Waals surface area contributed by atoms with Crippen LogP contribution in [0.2, 0.25) is 0 Å². The summed E-state index contributed by atoms with van der Waals surface area (Å²) in [5, 5.41) is 8.69. The van der Waals surface area contributed by atoms with Crippen molar-refractivity contribution in [1.29, 1.82) is 5.26 Å². The molecule has 2 rings (SSSR count). The summed E-state index contributed by atoms with van der Waals surface area (Å²) in [6, 6.07) is 15.9. The van der Waals surface area contributed by atoms with Crippen molar-refractivity contribution < 1.29 is 14.3 Å². The molecule has 0 bridgehead atoms. The molecule has 0 heterocycles. The molecule has 2 aromatic rings. The second-order valence-corrected chi connectivity index (χ2v) is 4.40.